The van der Waals surface area contributed by atoms with Gasteiger partial charge in [-0.1, -0.05) is 27.5 Å². The second-order valence-electron chi connectivity index (χ2n) is 5.76. The molecule has 0 radical (unpaired) electrons. The first-order valence-electron chi connectivity index (χ1n) is 7.81. The normalized spacial score (nSPS) is 20.4. The van der Waals surface area contributed by atoms with E-state index in [1.807, 2.05) is 24.3 Å². The molecule has 5 nitrogen and oxygen atoms in total. The van der Waals surface area contributed by atoms with Gasteiger partial charge < -0.3 is 10.1 Å². The number of aromatic nitrogens is 2. The molecule has 0 bridgehead atoms. The van der Waals surface area contributed by atoms with Gasteiger partial charge in [-0.2, -0.15) is 0 Å². The van der Waals surface area contributed by atoms with E-state index in [0.29, 0.717) is 16.6 Å². The first-order chi connectivity index (χ1) is 11.6. The van der Waals surface area contributed by atoms with Gasteiger partial charge >= 0.3 is 6.01 Å². The predicted octanol–water partition coefficient (Wildman–Crippen LogP) is 4.01. The van der Waals surface area contributed by atoms with E-state index in [1.165, 1.54) is 12.4 Å². The number of carbonyl (C=O) groups excluding carboxylic acids is 1. The zero-order chi connectivity index (χ0) is 16.9. The van der Waals surface area contributed by atoms with Crippen LogP contribution in [0.25, 0.3) is 0 Å². The van der Waals surface area contributed by atoms with Crippen LogP contribution in [0.3, 0.4) is 0 Å². The molecule has 24 heavy (non-hydrogen) atoms. The summed E-state index contributed by atoms with van der Waals surface area (Å²) >= 11 is 9.13. The quantitative estimate of drug-likeness (QED) is 0.827. The SMILES string of the molecule is O=C(NC1CCC(Oc2ncc(Cl)cn2)CC1)c1ccc(Br)cc1. The van der Waals surface area contributed by atoms with Gasteiger partial charge in [0.05, 0.1) is 17.4 Å². The number of amides is 1. The summed E-state index contributed by atoms with van der Waals surface area (Å²) in [4.78, 5) is 20.3. The lowest BCUT2D eigenvalue weighted by Gasteiger charge is -2.28. The van der Waals surface area contributed by atoms with E-state index in [4.69, 9.17) is 16.3 Å². The van der Waals surface area contributed by atoms with Crippen molar-refractivity contribution < 1.29 is 9.53 Å². The summed E-state index contributed by atoms with van der Waals surface area (Å²) in [7, 11) is 0. The van der Waals surface area contributed by atoms with Crippen LogP contribution in [0.15, 0.2) is 41.1 Å². The summed E-state index contributed by atoms with van der Waals surface area (Å²) in [6.07, 6.45) is 6.59. The van der Waals surface area contributed by atoms with E-state index < -0.39 is 0 Å². The van der Waals surface area contributed by atoms with Gasteiger partial charge in [-0.15, -0.1) is 0 Å². The van der Waals surface area contributed by atoms with Crippen molar-refractivity contribution in [2.24, 2.45) is 0 Å². The molecule has 1 aromatic carbocycles. The molecule has 1 aromatic heterocycles. The third kappa shape index (κ3) is 4.68. The number of hydrogen-bond acceptors (Lipinski definition) is 4. The molecule has 1 saturated carbocycles. The molecule has 1 fully saturated rings. The minimum absolute atomic E-state index is 0.0343. The van der Waals surface area contributed by atoms with E-state index in [0.717, 1.165) is 30.2 Å². The Bertz CT molecular complexity index is 686. The summed E-state index contributed by atoms with van der Waals surface area (Å²) in [5.41, 5.74) is 0.672. The minimum Gasteiger partial charge on any atom is -0.460 e. The number of nitrogens with one attached hydrogen (secondary N) is 1. The smallest absolute Gasteiger partial charge is 0.316 e. The van der Waals surface area contributed by atoms with Crippen molar-refractivity contribution in [3.05, 3.63) is 51.7 Å². The molecule has 7 heteroatoms. The van der Waals surface area contributed by atoms with Crippen LogP contribution < -0.4 is 10.1 Å². The van der Waals surface area contributed by atoms with Crippen molar-refractivity contribution in [2.75, 3.05) is 0 Å². The Morgan fingerprint density at radius 3 is 2.38 bits per heavy atom. The van der Waals surface area contributed by atoms with Gasteiger partial charge in [-0.3, -0.25) is 4.79 Å². The first kappa shape index (κ1) is 17.2. The van der Waals surface area contributed by atoms with Crippen molar-refractivity contribution in [3.8, 4) is 6.01 Å². The maximum absolute atomic E-state index is 12.2. The second kappa shape index (κ2) is 7.94. The Labute approximate surface area is 153 Å². The Morgan fingerprint density at radius 1 is 1.12 bits per heavy atom. The molecular formula is C17H17BrClN3O2. The molecule has 0 unspecified atom stereocenters. The molecule has 1 aliphatic rings. The lowest BCUT2D eigenvalue weighted by Crippen LogP contribution is -2.39. The van der Waals surface area contributed by atoms with Gasteiger partial charge in [0.15, 0.2) is 0 Å². The molecule has 0 saturated heterocycles. The third-order valence-electron chi connectivity index (χ3n) is 3.98. The number of halogens is 2. The Hall–Kier alpha value is -1.66. The number of carbonyl (C=O) groups is 1. The molecule has 0 aliphatic heterocycles. The monoisotopic (exact) mass is 409 g/mol. The maximum Gasteiger partial charge on any atom is 0.316 e. The van der Waals surface area contributed by atoms with Gasteiger partial charge in [0.1, 0.15) is 6.10 Å². The third-order valence-corrected chi connectivity index (χ3v) is 4.71. The zero-order valence-electron chi connectivity index (χ0n) is 12.9. The van der Waals surface area contributed by atoms with Gasteiger partial charge in [-0.25, -0.2) is 9.97 Å². The number of ether oxygens (including phenoxy) is 1. The van der Waals surface area contributed by atoms with Crippen LogP contribution in [0.2, 0.25) is 5.02 Å². The number of rotatable bonds is 4. The van der Waals surface area contributed by atoms with E-state index in [9.17, 15) is 4.79 Å². The van der Waals surface area contributed by atoms with Gasteiger partial charge in [0, 0.05) is 16.1 Å². The summed E-state index contributed by atoms with van der Waals surface area (Å²) < 4.78 is 6.72. The van der Waals surface area contributed by atoms with Crippen LogP contribution in [0.1, 0.15) is 36.0 Å². The van der Waals surface area contributed by atoms with Crippen molar-refractivity contribution in [1.29, 1.82) is 0 Å². The van der Waals surface area contributed by atoms with Crippen molar-refractivity contribution in [1.82, 2.24) is 15.3 Å². The van der Waals surface area contributed by atoms with E-state index in [-0.39, 0.29) is 18.1 Å². The molecule has 0 atom stereocenters. The first-order valence-corrected chi connectivity index (χ1v) is 8.98. The maximum atomic E-state index is 12.2. The number of benzene rings is 1. The molecule has 1 aliphatic carbocycles. The van der Waals surface area contributed by atoms with Crippen molar-refractivity contribution in [3.63, 3.8) is 0 Å². The standard InChI is InChI=1S/C17H17BrClN3O2/c18-12-3-1-11(2-4-12)16(23)22-14-5-7-15(8-6-14)24-17-20-9-13(19)10-21-17/h1-4,9-10,14-15H,5-8H2,(H,22,23). The lowest BCUT2D eigenvalue weighted by atomic mass is 9.92. The highest BCUT2D eigenvalue weighted by molar-refractivity contribution is 9.10. The highest BCUT2D eigenvalue weighted by Gasteiger charge is 2.24. The topological polar surface area (TPSA) is 64.1 Å². The van der Waals surface area contributed by atoms with Crippen LogP contribution in [-0.2, 0) is 0 Å². The summed E-state index contributed by atoms with van der Waals surface area (Å²) in [5, 5.41) is 3.58. The summed E-state index contributed by atoms with van der Waals surface area (Å²) in [6, 6.07) is 7.88. The fourth-order valence-electron chi connectivity index (χ4n) is 2.71. The molecule has 126 valence electrons. The van der Waals surface area contributed by atoms with Gasteiger partial charge in [-0.05, 0) is 49.9 Å². The van der Waals surface area contributed by atoms with Gasteiger partial charge in [0.2, 0.25) is 0 Å². The largest absolute Gasteiger partial charge is 0.460 e. The summed E-state index contributed by atoms with van der Waals surface area (Å²) in [5.74, 6) is -0.0343. The Balaban J connectivity index is 1.47. The minimum atomic E-state index is -0.0343. The van der Waals surface area contributed by atoms with E-state index >= 15 is 0 Å². The molecule has 1 N–H and O–H groups in total. The highest BCUT2D eigenvalue weighted by Crippen LogP contribution is 2.23. The molecule has 1 amide bonds. The second-order valence-corrected chi connectivity index (χ2v) is 7.11. The van der Waals surface area contributed by atoms with Crippen LogP contribution in [0.5, 0.6) is 6.01 Å². The highest BCUT2D eigenvalue weighted by atomic mass is 79.9. The van der Waals surface area contributed by atoms with Crippen LogP contribution >= 0.6 is 27.5 Å². The van der Waals surface area contributed by atoms with Crippen LogP contribution in [-0.4, -0.2) is 28.0 Å². The van der Waals surface area contributed by atoms with E-state index in [2.05, 4.69) is 31.2 Å². The Morgan fingerprint density at radius 2 is 1.75 bits per heavy atom. The fraction of sp³-hybridized carbons (Fsp3) is 0.353. The number of hydrogen-bond donors (Lipinski definition) is 1. The fourth-order valence-corrected chi connectivity index (χ4v) is 3.07. The van der Waals surface area contributed by atoms with Crippen LogP contribution in [0.4, 0.5) is 0 Å². The average molecular weight is 411 g/mol. The molecule has 3 rings (SSSR count). The van der Waals surface area contributed by atoms with Crippen LogP contribution in [0, 0.1) is 0 Å². The van der Waals surface area contributed by atoms with Crippen molar-refractivity contribution in [2.45, 2.75) is 37.8 Å². The van der Waals surface area contributed by atoms with E-state index in [1.54, 1.807) is 0 Å². The summed E-state index contributed by atoms with van der Waals surface area (Å²) in [6.45, 7) is 0. The average Bonchev–Trinajstić information content (AvgIpc) is 2.59. The zero-order valence-corrected chi connectivity index (χ0v) is 15.3. The molecule has 1 heterocycles. The number of nitrogens with zero attached hydrogens (tertiary/aromatic N) is 2. The molecular weight excluding hydrogens is 394 g/mol. The Kier molecular flexibility index (Phi) is 5.68. The predicted molar refractivity (Wildman–Crippen MR) is 95.3 cm³/mol. The van der Waals surface area contributed by atoms with Crippen molar-refractivity contribution >= 4 is 33.4 Å². The van der Waals surface area contributed by atoms with Gasteiger partial charge in [0.25, 0.3) is 5.91 Å². The molecule has 0 spiro atoms. The molecule has 2 aromatic rings. The lowest BCUT2D eigenvalue weighted by molar-refractivity contribution is 0.0885.